The first-order valence-corrected chi connectivity index (χ1v) is 8.02. The molecule has 2 N–H and O–H groups in total. The molecule has 2 rings (SSSR count). The van der Waals surface area contributed by atoms with Crippen LogP contribution in [0, 0.1) is 12.8 Å². The van der Waals surface area contributed by atoms with Crippen LogP contribution in [0.2, 0.25) is 0 Å². The maximum absolute atomic E-state index is 11.8. The van der Waals surface area contributed by atoms with Crippen molar-refractivity contribution >= 4 is 17.9 Å². The summed E-state index contributed by atoms with van der Waals surface area (Å²) in [7, 11) is 0. The molecule has 0 saturated heterocycles. The Labute approximate surface area is 140 Å². The lowest BCUT2D eigenvalue weighted by Gasteiger charge is -2.29. The summed E-state index contributed by atoms with van der Waals surface area (Å²) in [4.78, 5) is 43.0. The van der Waals surface area contributed by atoms with Crippen molar-refractivity contribution in [2.45, 2.75) is 45.6 Å². The van der Waals surface area contributed by atoms with Gasteiger partial charge in [-0.25, -0.2) is 14.6 Å². The predicted octanol–water partition coefficient (Wildman–Crippen LogP) is 1.35. The normalized spacial score (nSPS) is 20.1. The van der Waals surface area contributed by atoms with Crippen LogP contribution in [0.1, 0.15) is 48.8 Å². The second-order valence-electron chi connectivity index (χ2n) is 6.01. The number of amides is 3. The van der Waals surface area contributed by atoms with Gasteiger partial charge in [0.05, 0.1) is 11.9 Å². The molecular formula is C16H22N4O4. The van der Waals surface area contributed by atoms with Crippen molar-refractivity contribution in [3.63, 3.8) is 0 Å². The van der Waals surface area contributed by atoms with Crippen LogP contribution in [0.25, 0.3) is 0 Å². The molecule has 1 aliphatic carbocycles. The molecule has 24 heavy (non-hydrogen) atoms. The lowest BCUT2D eigenvalue weighted by molar-refractivity contribution is -0.123. The molecule has 0 spiro atoms. The zero-order chi connectivity index (χ0) is 17.5. The molecule has 1 aromatic rings. The van der Waals surface area contributed by atoms with E-state index in [1.165, 1.54) is 12.4 Å². The largest absolute Gasteiger partial charge is 0.451 e. The minimum Gasteiger partial charge on any atom is -0.451 e. The fourth-order valence-corrected chi connectivity index (χ4v) is 2.60. The molecule has 130 valence electrons. The Bertz CT molecular complexity index is 603. The Morgan fingerprint density at radius 2 is 1.96 bits per heavy atom. The van der Waals surface area contributed by atoms with E-state index in [-0.39, 0.29) is 11.7 Å². The molecule has 1 aromatic heterocycles. The van der Waals surface area contributed by atoms with Crippen molar-refractivity contribution in [2.24, 2.45) is 5.92 Å². The first-order chi connectivity index (χ1) is 11.5. The Balaban J connectivity index is 1.73. The van der Waals surface area contributed by atoms with E-state index in [1.54, 1.807) is 6.92 Å². The lowest BCUT2D eigenvalue weighted by atomic mass is 9.86. The highest BCUT2D eigenvalue weighted by molar-refractivity contribution is 5.96. The van der Waals surface area contributed by atoms with Gasteiger partial charge in [-0.3, -0.25) is 15.1 Å². The molecule has 0 unspecified atom stereocenters. The van der Waals surface area contributed by atoms with Gasteiger partial charge in [0, 0.05) is 12.2 Å². The van der Waals surface area contributed by atoms with Crippen LogP contribution in [-0.2, 0) is 9.53 Å². The van der Waals surface area contributed by atoms with E-state index in [2.05, 4.69) is 27.5 Å². The summed E-state index contributed by atoms with van der Waals surface area (Å²) in [5.41, 5.74) is 0.673. The molecule has 1 saturated carbocycles. The molecule has 1 fully saturated rings. The van der Waals surface area contributed by atoms with Gasteiger partial charge in [-0.2, -0.15) is 0 Å². The SMILES string of the molecule is Cc1cnc(C(=O)OCC(=O)NC(=O)N[C@H]2CCCC[C@H]2C)cn1. The molecule has 8 heteroatoms. The Morgan fingerprint density at radius 3 is 2.62 bits per heavy atom. The topological polar surface area (TPSA) is 110 Å². The van der Waals surface area contributed by atoms with Gasteiger partial charge < -0.3 is 10.1 Å². The molecule has 2 atom stereocenters. The molecule has 3 amide bonds. The van der Waals surface area contributed by atoms with E-state index in [0.29, 0.717) is 11.6 Å². The quantitative estimate of drug-likeness (QED) is 0.804. The average Bonchev–Trinajstić information content (AvgIpc) is 2.55. The number of nitrogens with one attached hydrogen (secondary N) is 2. The summed E-state index contributed by atoms with van der Waals surface area (Å²) >= 11 is 0. The average molecular weight is 334 g/mol. The highest BCUT2D eigenvalue weighted by atomic mass is 16.5. The van der Waals surface area contributed by atoms with Gasteiger partial charge in [0.1, 0.15) is 0 Å². The molecule has 0 aliphatic heterocycles. The molecule has 1 aliphatic rings. The zero-order valence-electron chi connectivity index (χ0n) is 13.9. The summed E-state index contributed by atoms with van der Waals surface area (Å²) < 4.78 is 4.81. The van der Waals surface area contributed by atoms with Gasteiger partial charge in [-0.15, -0.1) is 0 Å². The van der Waals surface area contributed by atoms with Gasteiger partial charge in [0.2, 0.25) is 0 Å². The van der Waals surface area contributed by atoms with Crippen LogP contribution < -0.4 is 10.6 Å². The van der Waals surface area contributed by atoms with E-state index in [0.717, 1.165) is 25.7 Å². The smallest absolute Gasteiger partial charge is 0.359 e. The van der Waals surface area contributed by atoms with E-state index in [9.17, 15) is 14.4 Å². The number of hydrogen-bond acceptors (Lipinski definition) is 6. The number of ether oxygens (including phenoxy) is 1. The molecule has 8 nitrogen and oxygen atoms in total. The van der Waals surface area contributed by atoms with Crippen molar-refractivity contribution in [1.82, 2.24) is 20.6 Å². The van der Waals surface area contributed by atoms with E-state index < -0.39 is 24.5 Å². The van der Waals surface area contributed by atoms with Crippen molar-refractivity contribution in [3.05, 3.63) is 23.8 Å². The Hall–Kier alpha value is -2.51. The monoisotopic (exact) mass is 334 g/mol. The number of nitrogens with zero attached hydrogens (tertiary/aromatic N) is 2. The fraction of sp³-hybridized carbons (Fsp3) is 0.562. The third kappa shape index (κ3) is 5.29. The number of imide groups is 1. The summed E-state index contributed by atoms with van der Waals surface area (Å²) in [6, 6.07) is -0.498. The molecule has 1 heterocycles. The van der Waals surface area contributed by atoms with Crippen LogP contribution in [0.4, 0.5) is 4.79 Å². The molecular weight excluding hydrogens is 312 g/mol. The summed E-state index contributed by atoms with van der Waals surface area (Å²) in [6.07, 6.45) is 6.90. The molecule has 0 radical (unpaired) electrons. The van der Waals surface area contributed by atoms with Crippen LogP contribution in [0.5, 0.6) is 0 Å². The van der Waals surface area contributed by atoms with Gasteiger partial charge in [0.15, 0.2) is 12.3 Å². The van der Waals surface area contributed by atoms with Crippen LogP contribution in [-0.4, -0.2) is 40.5 Å². The third-order valence-corrected chi connectivity index (χ3v) is 4.01. The van der Waals surface area contributed by atoms with Crippen molar-refractivity contribution in [1.29, 1.82) is 0 Å². The van der Waals surface area contributed by atoms with Gasteiger partial charge >= 0.3 is 12.0 Å². The van der Waals surface area contributed by atoms with Gasteiger partial charge in [-0.05, 0) is 25.7 Å². The standard InChI is InChI=1S/C16H22N4O4/c1-10-5-3-4-6-12(10)19-16(23)20-14(21)9-24-15(22)13-8-17-11(2)7-18-13/h7-8,10,12H,3-6,9H2,1-2H3,(H2,19,20,21,23)/t10-,12+/m1/s1. The summed E-state index contributed by atoms with van der Waals surface area (Å²) in [6.45, 7) is 3.26. The third-order valence-electron chi connectivity index (χ3n) is 4.01. The van der Waals surface area contributed by atoms with Crippen molar-refractivity contribution < 1.29 is 19.1 Å². The van der Waals surface area contributed by atoms with Gasteiger partial charge in [-0.1, -0.05) is 19.8 Å². The Kier molecular flexibility index (Phi) is 6.22. The van der Waals surface area contributed by atoms with E-state index >= 15 is 0 Å². The number of urea groups is 1. The van der Waals surface area contributed by atoms with E-state index in [1.807, 2.05) is 0 Å². The second kappa shape index (κ2) is 8.37. The maximum atomic E-state index is 11.8. The summed E-state index contributed by atoms with van der Waals surface area (Å²) in [5, 5.41) is 4.95. The van der Waals surface area contributed by atoms with Crippen LogP contribution >= 0.6 is 0 Å². The fourth-order valence-electron chi connectivity index (χ4n) is 2.60. The van der Waals surface area contributed by atoms with Crippen LogP contribution in [0.15, 0.2) is 12.4 Å². The number of carbonyl (C=O) groups is 3. The van der Waals surface area contributed by atoms with Crippen molar-refractivity contribution in [3.8, 4) is 0 Å². The van der Waals surface area contributed by atoms with Gasteiger partial charge in [0.25, 0.3) is 5.91 Å². The number of esters is 1. The highest BCUT2D eigenvalue weighted by Gasteiger charge is 2.23. The first kappa shape index (κ1) is 17.8. The minimum atomic E-state index is -0.765. The zero-order valence-corrected chi connectivity index (χ0v) is 13.9. The molecule has 0 bridgehead atoms. The predicted molar refractivity (Wildman–Crippen MR) is 85.1 cm³/mol. The van der Waals surface area contributed by atoms with Crippen molar-refractivity contribution in [2.75, 3.05) is 6.61 Å². The number of rotatable bonds is 4. The summed E-state index contributed by atoms with van der Waals surface area (Å²) in [5.74, 6) is -1.07. The maximum Gasteiger partial charge on any atom is 0.359 e. The Morgan fingerprint density at radius 1 is 1.21 bits per heavy atom. The number of aryl methyl sites for hydroxylation is 1. The first-order valence-electron chi connectivity index (χ1n) is 8.02. The van der Waals surface area contributed by atoms with Crippen LogP contribution in [0.3, 0.4) is 0 Å². The molecule has 0 aromatic carbocycles. The minimum absolute atomic E-state index is 0.00822. The highest BCUT2D eigenvalue weighted by Crippen LogP contribution is 2.23. The number of aromatic nitrogens is 2. The lowest BCUT2D eigenvalue weighted by Crippen LogP contribution is -2.48. The van der Waals surface area contributed by atoms with E-state index in [4.69, 9.17) is 4.74 Å². The number of carbonyl (C=O) groups excluding carboxylic acids is 3. The second-order valence-corrected chi connectivity index (χ2v) is 6.01. The number of hydrogen-bond donors (Lipinski definition) is 2.